The van der Waals surface area contributed by atoms with Crippen molar-refractivity contribution in [3.8, 4) is 0 Å². The molecule has 0 aromatic carbocycles. The summed E-state index contributed by atoms with van der Waals surface area (Å²) >= 11 is 0. The van der Waals surface area contributed by atoms with Gasteiger partial charge in [0.2, 0.25) is 0 Å². The van der Waals surface area contributed by atoms with Crippen LogP contribution in [0.15, 0.2) is 0 Å². The van der Waals surface area contributed by atoms with Gasteiger partial charge in [-0.25, -0.2) is 9.59 Å². The molecule has 4 N–H and O–H groups in total. The summed E-state index contributed by atoms with van der Waals surface area (Å²) in [6, 6.07) is 0. The fraction of sp³-hybridized carbons (Fsp3) is 0.867. The first kappa shape index (κ1) is 19.0. The lowest BCUT2D eigenvalue weighted by Gasteiger charge is -2.20. The molecular weight excluding hydrogens is 372 g/mol. The number of aliphatic hydroxyl groups excluding tert-OH is 4. The number of carbonyl (C=O) groups is 2. The summed E-state index contributed by atoms with van der Waals surface area (Å²) in [6.45, 7) is 3.52. The van der Waals surface area contributed by atoms with E-state index in [9.17, 15) is 14.7 Å². The molecule has 12 heteroatoms. The molecule has 0 amide bonds. The smallest absolute Gasteiger partial charge is 0.338 e. The minimum Gasteiger partial charge on any atom is -0.454 e. The largest absolute Gasteiger partial charge is 0.454 e. The maximum Gasteiger partial charge on any atom is 0.338 e. The third-order valence-corrected chi connectivity index (χ3v) is 4.89. The van der Waals surface area contributed by atoms with Gasteiger partial charge in [0.25, 0.3) is 0 Å². The molecule has 12 nitrogen and oxygen atoms in total. The Hall–Kier alpha value is -1.38. The average Bonchev–Trinajstić information content (AvgIpc) is 3.30. The van der Waals surface area contributed by atoms with Gasteiger partial charge in [-0.2, -0.15) is 0 Å². The average molecular weight is 392 g/mol. The quantitative estimate of drug-likeness (QED) is 0.300. The van der Waals surface area contributed by atoms with Gasteiger partial charge in [0, 0.05) is 0 Å². The van der Waals surface area contributed by atoms with Crippen LogP contribution in [0.4, 0.5) is 0 Å². The van der Waals surface area contributed by atoms with E-state index in [-0.39, 0.29) is 0 Å². The molecule has 5 fully saturated rings. The highest BCUT2D eigenvalue weighted by molar-refractivity contribution is 5.78. The van der Waals surface area contributed by atoms with Gasteiger partial charge in [0.05, 0.1) is 0 Å². The minimum atomic E-state index is -1.40. The summed E-state index contributed by atoms with van der Waals surface area (Å²) in [6.07, 6.45) is -9.38. The van der Waals surface area contributed by atoms with E-state index in [1.807, 2.05) is 0 Å². The molecule has 0 saturated carbocycles. The van der Waals surface area contributed by atoms with Crippen LogP contribution in [0.3, 0.4) is 0 Å². The molecule has 0 aromatic heterocycles. The van der Waals surface area contributed by atoms with Gasteiger partial charge < -0.3 is 48.8 Å². The Morgan fingerprint density at radius 2 is 1.30 bits per heavy atom. The maximum atomic E-state index is 11.1. The highest BCUT2D eigenvalue weighted by atomic mass is 16.8. The van der Waals surface area contributed by atoms with E-state index in [2.05, 4.69) is 9.47 Å². The molecule has 0 spiro atoms. The van der Waals surface area contributed by atoms with Crippen molar-refractivity contribution >= 4 is 11.9 Å². The number of ether oxygens (including phenoxy) is 6. The lowest BCUT2D eigenvalue weighted by Crippen LogP contribution is -2.35. The van der Waals surface area contributed by atoms with Crippen LogP contribution in [0.2, 0.25) is 0 Å². The van der Waals surface area contributed by atoms with E-state index in [0.717, 1.165) is 0 Å². The number of rotatable bonds is 0. The maximum absolute atomic E-state index is 11.1. The summed E-state index contributed by atoms with van der Waals surface area (Å²) in [4.78, 5) is 21.8. The Balaban J connectivity index is 0.000000137. The summed E-state index contributed by atoms with van der Waals surface area (Å²) in [5, 5.41) is 36.6. The molecule has 152 valence electrons. The summed E-state index contributed by atoms with van der Waals surface area (Å²) in [5.41, 5.74) is 0. The van der Waals surface area contributed by atoms with Crippen molar-refractivity contribution in [2.24, 2.45) is 0 Å². The van der Waals surface area contributed by atoms with Crippen molar-refractivity contribution in [2.45, 2.75) is 81.0 Å². The van der Waals surface area contributed by atoms with Crippen molar-refractivity contribution in [1.29, 1.82) is 0 Å². The number of esters is 2. The van der Waals surface area contributed by atoms with Crippen LogP contribution < -0.4 is 0 Å². The Bertz CT molecular complexity index is 636. The van der Waals surface area contributed by atoms with E-state index in [1.54, 1.807) is 13.8 Å². The molecule has 5 saturated heterocycles. The van der Waals surface area contributed by atoms with Crippen LogP contribution in [-0.4, -0.2) is 99.6 Å². The monoisotopic (exact) mass is 392 g/mol. The first-order chi connectivity index (χ1) is 12.6. The predicted molar refractivity (Wildman–Crippen MR) is 77.4 cm³/mol. The number of carbonyl (C=O) groups excluding carboxylic acids is 2. The van der Waals surface area contributed by atoms with Crippen LogP contribution in [0.5, 0.6) is 0 Å². The first-order valence-corrected chi connectivity index (χ1v) is 8.39. The predicted octanol–water partition coefficient (Wildman–Crippen LogP) is -3.50. The summed E-state index contributed by atoms with van der Waals surface area (Å²) in [5.74, 6) is -2.21. The summed E-state index contributed by atoms with van der Waals surface area (Å²) in [7, 11) is 0. The zero-order chi connectivity index (χ0) is 19.7. The molecule has 10 atom stereocenters. The zero-order valence-electron chi connectivity index (χ0n) is 14.3. The standard InChI is InChI=1S/C9H12O6.C6H8O6/c1-9(2)14-6-5-4(13-8(6)15-9)3(10)7(11)12-5;7-1-3-4(12-5(1)9)2(8)6(10)11-3/h3-6,8,10H,1-2H3;1-5,7-9H/t3-,4+,5-,6?,8+;1-,2+,3-,4-,5?/m01/s1. The van der Waals surface area contributed by atoms with Crippen molar-refractivity contribution < 1.29 is 58.4 Å². The van der Waals surface area contributed by atoms with Crippen LogP contribution in [0.25, 0.3) is 0 Å². The highest BCUT2D eigenvalue weighted by Crippen LogP contribution is 2.42. The third-order valence-electron chi connectivity index (χ3n) is 4.89. The Morgan fingerprint density at radius 1 is 0.741 bits per heavy atom. The number of hydrogen-bond acceptors (Lipinski definition) is 12. The second-order valence-corrected chi connectivity index (χ2v) is 7.24. The van der Waals surface area contributed by atoms with E-state index in [0.29, 0.717) is 0 Å². The van der Waals surface area contributed by atoms with Gasteiger partial charge in [0.15, 0.2) is 48.9 Å². The van der Waals surface area contributed by atoms with Gasteiger partial charge in [-0.15, -0.1) is 0 Å². The number of aliphatic hydroxyl groups is 4. The third kappa shape index (κ3) is 3.02. The van der Waals surface area contributed by atoms with Gasteiger partial charge >= 0.3 is 11.9 Å². The second-order valence-electron chi connectivity index (χ2n) is 7.24. The molecule has 2 unspecified atom stereocenters. The molecule has 0 aliphatic carbocycles. The molecule has 0 aromatic rings. The Kier molecular flexibility index (Phi) is 4.44. The summed E-state index contributed by atoms with van der Waals surface area (Å²) < 4.78 is 30.6. The first-order valence-electron chi connectivity index (χ1n) is 8.39. The Labute approximate surface area is 152 Å². The molecule has 5 aliphatic heterocycles. The lowest BCUT2D eigenvalue weighted by molar-refractivity contribution is -0.214. The van der Waals surface area contributed by atoms with E-state index in [4.69, 9.17) is 34.3 Å². The second kappa shape index (κ2) is 6.32. The van der Waals surface area contributed by atoms with Gasteiger partial charge in [-0.1, -0.05) is 0 Å². The van der Waals surface area contributed by atoms with Gasteiger partial charge in [0.1, 0.15) is 18.3 Å². The van der Waals surface area contributed by atoms with Gasteiger partial charge in [-0.3, -0.25) is 0 Å². The van der Waals surface area contributed by atoms with Crippen LogP contribution in [-0.2, 0) is 38.0 Å². The Morgan fingerprint density at radius 3 is 1.89 bits per heavy atom. The van der Waals surface area contributed by atoms with Crippen molar-refractivity contribution in [3.05, 3.63) is 0 Å². The zero-order valence-corrected chi connectivity index (χ0v) is 14.3. The molecule has 27 heavy (non-hydrogen) atoms. The van der Waals surface area contributed by atoms with Crippen LogP contribution in [0.1, 0.15) is 13.8 Å². The number of hydrogen-bond donors (Lipinski definition) is 4. The van der Waals surface area contributed by atoms with Crippen molar-refractivity contribution in [1.82, 2.24) is 0 Å². The highest BCUT2D eigenvalue weighted by Gasteiger charge is 2.62. The minimum absolute atomic E-state index is 0.439. The molecular formula is C15H20O12. The lowest BCUT2D eigenvalue weighted by atomic mass is 10.1. The fourth-order valence-corrected chi connectivity index (χ4v) is 3.63. The molecule has 5 aliphatic rings. The van der Waals surface area contributed by atoms with Crippen molar-refractivity contribution in [3.63, 3.8) is 0 Å². The van der Waals surface area contributed by atoms with E-state index < -0.39 is 79.1 Å². The topological polar surface area (TPSA) is 170 Å². The molecule has 5 rings (SSSR count). The molecule has 0 bridgehead atoms. The van der Waals surface area contributed by atoms with E-state index in [1.165, 1.54) is 0 Å². The van der Waals surface area contributed by atoms with E-state index >= 15 is 0 Å². The fourth-order valence-electron chi connectivity index (χ4n) is 3.63. The molecule has 5 heterocycles. The SMILES string of the molecule is CC1(C)OC2[C@H](O[C@@H]3[C@H](O)C(=O)O[C@H]23)O1.O=C1O[C@H]2[C@H](OC(O)[C@@H]2O)[C@@H]1O. The number of fused-ring (bicyclic) bond motifs is 4. The normalized spacial score (nSPS) is 51.8. The van der Waals surface area contributed by atoms with Crippen molar-refractivity contribution in [2.75, 3.05) is 0 Å². The van der Waals surface area contributed by atoms with Crippen LogP contribution in [0, 0.1) is 0 Å². The van der Waals surface area contributed by atoms with Gasteiger partial charge in [-0.05, 0) is 13.8 Å². The molecule has 0 radical (unpaired) electrons. The van der Waals surface area contributed by atoms with Crippen LogP contribution >= 0.6 is 0 Å².